The maximum Gasteiger partial charge on any atom is 0.249 e. The van der Waals surface area contributed by atoms with Gasteiger partial charge in [-0.05, 0) is 50.6 Å². The van der Waals surface area contributed by atoms with Crippen molar-refractivity contribution < 1.29 is 14.3 Å². The summed E-state index contributed by atoms with van der Waals surface area (Å²) in [4.78, 5) is 14.7. The van der Waals surface area contributed by atoms with E-state index in [0.717, 1.165) is 58.7 Å². The second-order valence-electron chi connectivity index (χ2n) is 6.64. The van der Waals surface area contributed by atoms with E-state index >= 15 is 0 Å². The third kappa shape index (κ3) is 3.76. The Morgan fingerprint density at radius 2 is 2.10 bits per heavy atom. The number of fused-ring (bicyclic) bond motifs is 1. The van der Waals surface area contributed by atoms with E-state index < -0.39 is 0 Å². The van der Waals surface area contributed by atoms with Crippen molar-refractivity contribution in [3.8, 4) is 0 Å². The molecule has 3 fully saturated rings. The molecule has 5 nitrogen and oxygen atoms in total. The maximum absolute atomic E-state index is 12.3. The van der Waals surface area contributed by atoms with Crippen LogP contribution >= 0.6 is 0 Å². The molecule has 0 aromatic rings. The largest absolute Gasteiger partial charge is 0.381 e. The van der Waals surface area contributed by atoms with Gasteiger partial charge in [0.15, 0.2) is 0 Å². The van der Waals surface area contributed by atoms with Gasteiger partial charge in [-0.15, -0.1) is 0 Å². The van der Waals surface area contributed by atoms with Crippen LogP contribution in [0.2, 0.25) is 0 Å². The molecule has 3 heterocycles. The molecule has 3 rings (SSSR count). The summed E-state index contributed by atoms with van der Waals surface area (Å²) in [6.45, 7) is 7.84. The van der Waals surface area contributed by atoms with Gasteiger partial charge < -0.3 is 19.7 Å². The molecule has 0 aromatic heterocycles. The van der Waals surface area contributed by atoms with Crippen molar-refractivity contribution in [2.45, 2.75) is 44.8 Å². The molecule has 0 unspecified atom stereocenters. The minimum absolute atomic E-state index is 0.0962. The number of likely N-dealkylation sites (N-methyl/N-ethyl adjacent to an activating group) is 1. The molecular weight excluding hydrogens is 268 g/mol. The number of nitrogens with one attached hydrogen (secondary N) is 1. The summed E-state index contributed by atoms with van der Waals surface area (Å²) in [5.41, 5.74) is 0. The molecule has 0 radical (unpaired) electrons. The molecule has 0 bridgehead atoms. The van der Waals surface area contributed by atoms with E-state index in [9.17, 15) is 4.79 Å². The van der Waals surface area contributed by atoms with Gasteiger partial charge in [-0.25, -0.2) is 0 Å². The number of amides is 1. The minimum atomic E-state index is -0.225. The molecular formula is C16H28N2O3. The molecule has 3 aliphatic rings. The Morgan fingerprint density at radius 1 is 1.29 bits per heavy atom. The Bertz CT molecular complexity index is 357. The molecule has 0 spiro atoms. The average molecular weight is 296 g/mol. The van der Waals surface area contributed by atoms with Crippen LogP contribution in [0.1, 0.15) is 32.6 Å². The van der Waals surface area contributed by atoms with Crippen LogP contribution < -0.4 is 5.32 Å². The summed E-state index contributed by atoms with van der Waals surface area (Å²) in [6.07, 6.45) is 4.23. The van der Waals surface area contributed by atoms with E-state index in [1.54, 1.807) is 0 Å². The van der Waals surface area contributed by atoms with Crippen LogP contribution in [0.4, 0.5) is 0 Å². The maximum atomic E-state index is 12.3. The quantitative estimate of drug-likeness (QED) is 0.842. The Kier molecular flexibility index (Phi) is 5.14. The van der Waals surface area contributed by atoms with Crippen molar-refractivity contribution in [2.75, 3.05) is 39.4 Å². The number of ether oxygens (including phenoxy) is 2. The fraction of sp³-hybridized carbons (Fsp3) is 0.938. The summed E-state index contributed by atoms with van der Waals surface area (Å²) in [5, 5.41) is 3.10. The zero-order valence-electron chi connectivity index (χ0n) is 13.1. The monoisotopic (exact) mass is 296 g/mol. The van der Waals surface area contributed by atoms with Crippen LogP contribution in [0.3, 0.4) is 0 Å². The van der Waals surface area contributed by atoms with E-state index in [2.05, 4.69) is 17.1 Å². The molecule has 3 aliphatic heterocycles. The average Bonchev–Trinajstić information content (AvgIpc) is 2.96. The van der Waals surface area contributed by atoms with Gasteiger partial charge in [-0.3, -0.25) is 4.79 Å². The molecule has 3 atom stereocenters. The van der Waals surface area contributed by atoms with Crippen molar-refractivity contribution in [3.63, 3.8) is 0 Å². The van der Waals surface area contributed by atoms with Gasteiger partial charge in [0.2, 0.25) is 5.91 Å². The van der Waals surface area contributed by atoms with E-state index in [1.807, 2.05) is 0 Å². The van der Waals surface area contributed by atoms with Crippen LogP contribution in [0.25, 0.3) is 0 Å². The molecule has 1 N–H and O–H groups in total. The summed E-state index contributed by atoms with van der Waals surface area (Å²) >= 11 is 0. The SMILES string of the molecule is CCN1CC[C@H]2C[C@@H](C(=O)NCC3CCOCC3)O[C@@H]2C1. The van der Waals surface area contributed by atoms with E-state index in [0.29, 0.717) is 11.8 Å². The number of carbonyl (C=O) groups is 1. The normalized spacial score (nSPS) is 34.6. The zero-order valence-corrected chi connectivity index (χ0v) is 13.1. The van der Waals surface area contributed by atoms with Crippen molar-refractivity contribution in [1.29, 1.82) is 0 Å². The van der Waals surface area contributed by atoms with Gasteiger partial charge >= 0.3 is 0 Å². The van der Waals surface area contributed by atoms with Crippen molar-refractivity contribution >= 4 is 5.91 Å². The molecule has 120 valence electrons. The van der Waals surface area contributed by atoms with Crippen LogP contribution in [0, 0.1) is 11.8 Å². The second kappa shape index (κ2) is 7.07. The van der Waals surface area contributed by atoms with Crippen LogP contribution in [0.15, 0.2) is 0 Å². The first-order valence-electron chi connectivity index (χ1n) is 8.49. The lowest BCUT2D eigenvalue weighted by Gasteiger charge is -2.33. The van der Waals surface area contributed by atoms with Crippen molar-refractivity contribution in [1.82, 2.24) is 10.2 Å². The van der Waals surface area contributed by atoms with Gasteiger partial charge in [-0.2, -0.15) is 0 Å². The van der Waals surface area contributed by atoms with E-state index in [-0.39, 0.29) is 18.1 Å². The third-order valence-corrected chi connectivity index (χ3v) is 5.28. The first-order chi connectivity index (χ1) is 10.3. The first kappa shape index (κ1) is 15.3. The summed E-state index contributed by atoms with van der Waals surface area (Å²) in [7, 11) is 0. The fourth-order valence-corrected chi connectivity index (χ4v) is 3.76. The third-order valence-electron chi connectivity index (χ3n) is 5.28. The van der Waals surface area contributed by atoms with E-state index in [1.165, 1.54) is 6.42 Å². The van der Waals surface area contributed by atoms with Gasteiger partial charge in [0.25, 0.3) is 0 Å². The van der Waals surface area contributed by atoms with Gasteiger partial charge in [0.05, 0.1) is 6.10 Å². The number of hydrogen-bond acceptors (Lipinski definition) is 4. The smallest absolute Gasteiger partial charge is 0.249 e. The minimum Gasteiger partial charge on any atom is -0.381 e. The van der Waals surface area contributed by atoms with Crippen LogP contribution in [-0.2, 0) is 14.3 Å². The number of likely N-dealkylation sites (tertiary alicyclic amines) is 1. The van der Waals surface area contributed by atoms with Gasteiger partial charge in [0.1, 0.15) is 6.10 Å². The highest BCUT2D eigenvalue weighted by atomic mass is 16.5. The Morgan fingerprint density at radius 3 is 2.86 bits per heavy atom. The fourth-order valence-electron chi connectivity index (χ4n) is 3.76. The highest BCUT2D eigenvalue weighted by Gasteiger charge is 2.41. The molecule has 5 heteroatoms. The van der Waals surface area contributed by atoms with Crippen molar-refractivity contribution in [3.05, 3.63) is 0 Å². The number of piperidine rings is 1. The highest BCUT2D eigenvalue weighted by molar-refractivity contribution is 5.81. The lowest BCUT2D eigenvalue weighted by molar-refractivity contribution is -0.133. The standard InChI is InChI=1S/C16H28N2O3/c1-2-18-6-3-13-9-14(21-15(13)11-18)16(19)17-10-12-4-7-20-8-5-12/h12-15H,2-11H2,1H3,(H,17,19)/t13-,14-,15+/m0/s1. The van der Waals surface area contributed by atoms with E-state index in [4.69, 9.17) is 9.47 Å². The predicted molar refractivity (Wildman–Crippen MR) is 80.1 cm³/mol. The molecule has 0 aromatic carbocycles. The van der Waals surface area contributed by atoms with Crippen molar-refractivity contribution in [2.24, 2.45) is 11.8 Å². The number of nitrogens with zero attached hydrogens (tertiary/aromatic N) is 1. The Labute approximate surface area is 127 Å². The number of hydrogen-bond donors (Lipinski definition) is 1. The molecule has 0 saturated carbocycles. The lowest BCUT2D eigenvalue weighted by atomic mass is 9.91. The first-order valence-corrected chi connectivity index (χ1v) is 8.49. The van der Waals surface area contributed by atoms with Crippen LogP contribution in [-0.4, -0.2) is 62.4 Å². The highest BCUT2D eigenvalue weighted by Crippen LogP contribution is 2.33. The number of rotatable bonds is 4. The van der Waals surface area contributed by atoms with Crippen LogP contribution in [0.5, 0.6) is 0 Å². The lowest BCUT2D eigenvalue weighted by Crippen LogP contribution is -2.42. The van der Waals surface area contributed by atoms with Gasteiger partial charge in [-0.1, -0.05) is 6.92 Å². The molecule has 0 aliphatic carbocycles. The summed E-state index contributed by atoms with van der Waals surface area (Å²) in [5.74, 6) is 1.24. The summed E-state index contributed by atoms with van der Waals surface area (Å²) < 4.78 is 11.4. The number of carbonyl (C=O) groups excluding carboxylic acids is 1. The second-order valence-corrected chi connectivity index (χ2v) is 6.64. The Hall–Kier alpha value is -0.650. The summed E-state index contributed by atoms with van der Waals surface area (Å²) in [6, 6.07) is 0. The Balaban J connectivity index is 1.43. The molecule has 21 heavy (non-hydrogen) atoms. The zero-order chi connectivity index (χ0) is 14.7. The molecule has 1 amide bonds. The predicted octanol–water partition coefficient (Wildman–Crippen LogP) is 1.03. The van der Waals surface area contributed by atoms with Gasteiger partial charge in [0, 0.05) is 26.3 Å². The topological polar surface area (TPSA) is 50.8 Å². The molecule has 3 saturated heterocycles.